The molecule has 2 aromatic carbocycles. The van der Waals surface area contributed by atoms with Crippen LogP contribution in [0, 0.1) is 11.7 Å². The number of fused-ring (bicyclic) bond motifs is 3. The van der Waals surface area contributed by atoms with Crippen molar-refractivity contribution in [1.82, 2.24) is 4.98 Å². The molecule has 3 aromatic rings. The minimum Gasteiger partial charge on any atom is -0.328 e. The molecule has 4 nitrogen and oxygen atoms in total. The van der Waals surface area contributed by atoms with Gasteiger partial charge in [-0.25, -0.2) is 9.37 Å². The molecule has 1 aliphatic rings. The average molecular weight is 343 g/mol. The molecule has 0 radical (unpaired) electrons. The molecule has 0 aliphatic heterocycles. The monoisotopic (exact) mass is 343 g/mol. The molecule has 0 bridgehead atoms. The number of hydrogen-bond donors (Lipinski definition) is 2. The topological polar surface area (TPSA) is 68.0 Å². The highest BCUT2D eigenvalue weighted by Crippen LogP contribution is 2.33. The van der Waals surface area contributed by atoms with Crippen LogP contribution in [0.5, 0.6) is 0 Å². The van der Waals surface area contributed by atoms with Crippen LogP contribution in [0.25, 0.3) is 21.0 Å². The van der Waals surface area contributed by atoms with Gasteiger partial charge in [-0.05, 0) is 48.9 Å². The molecule has 3 N–H and O–H groups in total. The van der Waals surface area contributed by atoms with Crippen LogP contribution in [0.2, 0.25) is 0 Å². The van der Waals surface area contributed by atoms with Gasteiger partial charge in [-0.15, -0.1) is 0 Å². The molecule has 2 atom stereocenters. The van der Waals surface area contributed by atoms with Crippen LogP contribution >= 0.6 is 11.3 Å². The van der Waals surface area contributed by atoms with Gasteiger partial charge in [0.2, 0.25) is 5.91 Å². The van der Waals surface area contributed by atoms with Gasteiger partial charge in [0, 0.05) is 17.3 Å². The predicted molar refractivity (Wildman–Crippen MR) is 95.6 cm³/mol. The van der Waals surface area contributed by atoms with E-state index in [-0.39, 0.29) is 23.7 Å². The van der Waals surface area contributed by atoms with Gasteiger partial charge in [-0.3, -0.25) is 4.79 Å². The lowest BCUT2D eigenvalue weighted by atomic mass is 9.86. The molecule has 0 saturated heterocycles. The van der Waals surface area contributed by atoms with Gasteiger partial charge >= 0.3 is 0 Å². The summed E-state index contributed by atoms with van der Waals surface area (Å²) >= 11 is 1.43. The van der Waals surface area contributed by atoms with Gasteiger partial charge < -0.3 is 11.1 Å². The van der Waals surface area contributed by atoms with Crippen molar-refractivity contribution in [2.24, 2.45) is 11.7 Å². The van der Waals surface area contributed by atoms with Crippen molar-refractivity contribution < 1.29 is 9.18 Å². The number of thiazole rings is 1. The van der Waals surface area contributed by atoms with E-state index in [1.807, 2.05) is 12.1 Å². The largest absolute Gasteiger partial charge is 0.328 e. The molecule has 0 spiro atoms. The molecule has 24 heavy (non-hydrogen) atoms. The first-order chi connectivity index (χ1) is 11.6. The number of amides is 1. The van der Waals surface area contributed by atoms with Gasteiger partial charge in [0.25, 0.3) is 0 Å². The van der Waals surface area contributed by atoms with Crippen molar-refractivity contribution in [2.75, 3.05) is 5.32 Å². The smallest absolute Gasteiger partial charge is 0.229 e. The molecule has 6 heteroatoms. The molecule has 1 amide bonds. The van der Waals surface area contributed by atoms with E-state index in [1.165, 1.54) is 23.5 Å². The van der Waals surface area contributed by atoms with E-state index in [1.54, 1.807) is 6.07 Å². The Morgan fingerprint density at radius 1 is 1.29 bits per heavy atom. The highest BCUT2D eigenvalue weighted by Gasteiger charge is 2.26. The minimum absolute atomic E-state index is 0.000411. The third kappa shape index (κ3) is 2.87. The number of carbonyl (C=O) groups excluding carboxylic acids is 1. The summed E-state index contributed by atoms with van der Waals surface area (Å²) in [7, 11) is 0. The summed E-state index contributed by atoms with van der Waals surface area (Å²) in [5.41, 5.74) is 6.78. The van der Waals surface area contributed by atoms with Crippen LogP contribution in [0.15, 0.2) is 30.3 Å². The summed E-state index contributed by atoms with van der Waals surface area (Å²) in [5, 5.41) is 5.31. The van der Waals surface area contributed by atoms with Gasteiger partial charge in [-0.2, -0.15) is 0 Å². The van der Waals surface area contributed by atoms with Crippen molar-refractivity contribution in [3.63, 3.8) is 0 Å². The third-order valence-corrected chi connectivity index (χ3v) is 5.67. The summed E-state index contributed by atoms with van der Waals surface area (Å²) in [6, 6.07) is 8.55. The maximum absolute atomic E-state index is 13.4. The standard InChI is InChI=1S/C18H18FN3OS/c19-12-5-6-14-10(8-12)4-7-15-16(14)24-18(21-15)22-17(23)11-2-1-3-13(20)9-11/h4-8,11,13H,1-3,9,20H2,(H,21,22,23)/t11-,13+/m1/s1. The highest BCUT2D eigenvalue weighted by atomic mass is 32.1. The Morgan fingerprint density at radius 3 is 3.00 bits per heavy atom. The number of nitrogens with one attached hydrogen (secondary N) is 1. The fourth-order valence-electron chi connectivity index (χ4n) is 3.41. The number of carbonyl (C=O) groups is 1. The van der Waals surface area contributed by atoms with Gasteiger partial charge in [0.15, 0.2) is 5.13 Å². The number of nitrogens with zero attached hydrogens (tertiary/aromatic N) is 1. The van der Waals surface area contributed by atoms with Crippen molar-refractivity contribution in [3.05, 3.63) is 36.1 Å². The van der Waals surface area contributed by atoms with Crippen molar-refractivity contribution in [1.29, 1.82) is 0 Å². The second-order valence-electron chi connectivity index (χ2n) is 6.41. The van der Waals surface area contributed by atoms with Crippen molar-refractivity contribution >= 4 is 43.4 Å². The Morgan fingerprint density at radius 2 is 2.17 bits per heavy atom. The lowest BCUT2D eigenvalue weighted by molar-refractivity contribution is -0.120. The molecule has 0 unspecified atom stereocenters. The van der Waals surface area contributed by atoms with Gasteiger partial charge in [0.1, 0.15) is 5.82 Å². The molecule has 1 fully saturated rings. The second kappa shape index (κ2) is 6.11. The number of rotatable bonds is 2. The van der Waals surface area contributed by atoms with Crippen LogP contribution in [0.4, 0.5) is 9.52 Å². The number of anilines is 1. The van der Waals surface area contributed by atoms with E-state index in [9.17, 15) is 9.18 Å². The zero-order valence-corrected chi connectivity index (χ0v) is 13.9. The van der Waals surface area contributed by atoms with Crippen molar-refractivity contribution in [2.45, 2.75) is 31.7 Å². The van der Waals surface area contributed by atoms with Crippen LogP contribution in [-0.2, 0) is 4.79 Å². The quantitative estimate of drug-likeness (QED) is 0.738. The van der Waals surface area contributed by atoms with Crippen LogP contribution in [0.1, 0.15) is 25.7 Å². The van der Waals surface area contributed by atoms with E-state index in [4.69, 9.17) is 5.73 Å². The number of nitrogens with two attached hydrogens (primary N) is 1. The average Bonchev–Trinajstić information content (AvgIpc) is 2.97. The lowest BCUT2D eigenvalue weighted by Gasteiger charge is -2.25. The fourth-order valence-corrected chi connectivity index (χ4v) is 4.41. The lowest BCUT2D eigenvalue weighted by Crippen LogP contribution is -2.34. The molecular weight excluding hydrogens is 325 g/mol. The molecule has 1 aliphatic carbocycles. The first-order valence-electron chi connectivity index (χ1n) is 8.15. The summed E-state index contributed by atoms with van der Waals surface area (Å²) in [5.74, 6) is -0.292. The molecular formula is C18H18FN3OS. The zero-order valence-electron chi connectivity index (χ0n) is 13.1. The van der Waals surface area contributed by atoms with Crippen molar-refractivity contribution in [3.8, 4) is 0 Å². The second-order valence-corrected chi connectivity index (χ2v) is 7.41. The fraction of sp³-hybridized carbons (Fsp3) is 0.333. The van der Waals surface area contributed by atoms with E-state index in [2.05, 4.69) is 10.3 Å². The maximum atomic E-state index is 13.4. The summed E-state index contributed by atoms with van der Waals surface area (Å²) < 4.78 is 14.3. The number of benzene rings is 2. The van der Waals surface area contributed by atoms with Crippen LogP contribution in [-0.4, -0.2) is 16.9 Å². The molecule has 124 valence electrons. The van der Waals surface area contributed by atoms with E-state index >= 15 is 0 Å². The Bertz CT molecular complexity index is 923. The first-order valence-corrected chi connectivity index (χ1v) is 8.97. The van der Waals surface area contributed by atoms with E-state index in [0.717, 1.165) is 46.7 Å². The molecule has 1 heterocycles. The number of aromatic nitrogens is 1. The Kier molecular flexibility index (Phi) is 3.94. The van der Waals surface area contributed by atoms with Crippen LogP contribution in [0.3, 0.4) is 0 Å². The molecule has 1 aromatic heterocycles. The SMILES string of the molecule is N[C@H]1CCC[C@@H](C(=O)Nc2nc3ccc4cc(F)ccc4c3s2)C1. The molecule has 4 rings (SSSR count). The summed E-state index contributed by atoms with van der Waals surface area (Å²) in [6.45, 7) is 0. The molecule has 1 saturated carbocycles. The van der Waals surface area contributed by atoms with E-state index in [0.29, 0.717) is 5.13 Å². The van der Waals surface area contributed by atoms with Gasteiger partial charge in [0.05, 0.1) is 10.2 Å². The normalized spacial score (nSPS) is 21.2. The predicted octanol–water partition coefficient (Wildman–Crippen LogP) is 4.04. The zero-order chi connectivity index (χ0) is 16.7. The van der Waals surface area contributed by atoms with Gasteiger partial charge in [-0.1, -0.05) is 23.8 Å². The third-order valence-electron chi connectivity index (χ3n) is 4.65. The van der Waals surface area contributed by atoms with Crippen LogP contribution < -0.4 is 11.1 Å². The first kappa shape index (κ1) is 15.5. The Hall–Kier alpha value is -2.05. The Labute approximate surface area is 142 Å². The minimum atomic E-state index is -0.256. The maximum Gasteiger partial charge on any atom is 0.229 e. The summed E-state index contributed by atoms with van der Waals surface area (Å²) in [6.07, 6.45) is 3.61. The summed E-state index contributed by atoms with van der Waals surface area (Å²) in [4.78, 5) is 16.9. The Balaban J connectivity index is 1.63. The number of halogens is 1. The van der Waals surface area contributed by atoms with E-state index < -0.39 is 0 Å². The highest BCUT2D eigenvalue weighted by molar-refractivity contribution is 7.23. The number of hydrogen-bond acceptors (Lipinski definition) is 4.